The van der Waals surface area contributed by atoms with E-state index in [0.29, 0.717) is 35.5 Å². The second-order valence-electron chi connectivity index (χ2n) is 7.36. The zero-order valence-corrected chi connectivity index (χ0v) is 17.8. The number of hydrogen-bond donors (Lipinski definition) is 3. The zero-order chi connectivity index (χ0) is 21.8. The number of esters is 1. The van der Waals surface area contributed by atoms with E-state index in [-0.39, 0.29) is 29.4 Å². The maximum absolute atomic E-state index is 12.5. The van der Waals surface area contributed by atoms with Crippen molar-refractivity contribution in [3.05, 3.63) is 45.1 Å². The van der Waals surface area contributed by atoms with Crippen molar-refractivity contribution >= 4 is 34.7 Å². The van der Waals surface area contributed by atoms with Gasteiger partial charge in [-0.15, -0.1) is 0 Å². The summed E-state index contributed by atoms with van der Waals surface area (Å²) in [7, 11) is 0. The molecule has 1 heterocycles. The quantitative estimate of drug-likeness (QED) is 0.231. The summed E-state index contributed by atoms with van der Waals surface area (Å²) >= 11 is 5.03. The highest BCUT2D eigenvalue weighted by molar-refractivity contribution is 7.80. The van der Waals surface area contributed by atoms with Crippen molar-refractivity contribution in [1.29, 1.82) is 0 Å². The van der Waals surface area contributed by atoms with Crippen LogP contribution >= 0.6 is 12.2 Å². The summed E-state index contributed by atoms with van der Waals surface area (Å²) in [5, 5.41) is 27.1. The van der Waals surface area contributed by atoms with Crippen LogP contribution in [0.3, 0.4) is 0 Å². The van der Waals surface area contributed by atoms with Gasteiger partial charge in [-0.05, 0) is 50.5 Å². The minimum Gasteiger partial charge on any atom is -0.462 e. The summed E-state index contributed by atoms with van der Waals surface area (Å²) in [5.41, 5.74) is 2.24. The van der Waals surface area contributed by atoms with Gasteiger partial charge in [0.15, 0.2) is 5.11 Å². The molecule has 3 N–H and O–H groups in total. The van der Waals surface area contributed by atoms with Gasteiger partial charge >= 0.3 is 5.97 Å². The van der Waals surface area contributed by atoms with E-state index >= 15 is 0 Å². The molecule has 3 rings (SSSR count). The van der Waals surface area contributed by atoms with Gasteiger partial charge in [-0.3, -0.25) is 10.1 Å². The van der Waals surface area contributed by atoms with Crippen LogP contribution in [0, 0.1) is 10.1 Å². The maximum Gasteiger partial charge on any atom is 0.337 e. The molecule has 0 bridgehead atoms. The highest BCUT2D eigenvalue weighted by atomic mass is 32.1. The van der Waals surface area contributed by atoms with Crippen LogP contribution in [0.4, 0.5) is 11.4 Å². The Hall–Kier alpha value is -2.72. The Balaban J connectivity index is 1.66. The van der Waals surface area contributed by atoms with E-state index in [0.717, 1.165) is 18.4 Å². The van der Waals surface area contributed by atoms with Crippen molar-refractivity contribution in [3.63, 3.8) is 0 Å². The van der Waals surface area contributed by atoms with Crippen LogP contribution in [-0.4, -0.2) is 53.0 Å². The number of carbonyl (C=O) groups is 1. The number of anilines is 1. The van der Waals surface area contributed by atoms with E-state index in [9.17, 15) is 20.0 Å². The van der Waals surface area contributed by atoms with Gasteiger partial charge in [-0.25, -0.2) is 4.79 Å². The topological polar surface area (TPSA) is 117 Å². The minimum absolute atomic E-state index is 0.0643. The van der Waals surface area contributed by atoms with Crippen molar-refractivity contribution < 1.29 is 19.6 Å². The van der Waals surface area contributed by atoms with Crippen LogP contribution in [0.5, 0.6) is 0 Å². The zero-order valence-electron chi connectivity index (χ0n) is 17.0. The van der Waals surface area contributed by atoms with Crippen molar-refractivity contribution in [2.75, 3.05) is 24.7 Å². The second-order valence-corrected chi connectivity index (χ2v) is 7.76. The second kappa shape index (κ2) is 9.40. The average molecular weight is 435 g/mol. The third-order valence-corrected chi connectivity index (χ3v) is 5.48. The van der Waals surface area contributed by atoms with Crippen LogP contribution in [0.25, 0.3) is 0 Å². The number of aliphatic hydroxyl groups is 1. The monoisotopic (exact) mass is 434 g/mol. The molecule has 1 atom stereocenters. The highest BCUT2D eigenvalue weighted by Gasteiger charge is 2.32. The minimum atomic E-state index is -0.630. The van der Waals surface area contributed by atoms with Gasteiger partial charge in [0.05, 0.1) is 29.8 Å². The van der Waals surface area contributed by atoms with Crippen molar-refractivity contribution in [3.8, 4) is 0 Å². The number of ether oxygens (including phenoxy) is 1. The van der Waals surface area contributed by atoms with Gasteiger partial charge in [0.1, 0.15) is 5.69 Å². The van der Waals surface area contributed by atoms with Crippen LogP contribution < -0.4 is 15.5 Å². The molecule has 10 heteroatoms. The molecule has 1 saturated carbocycles. The molecule has 0 saturated heterocycles. The number of benzene rings is 1. The fourth-order valence-electron chi connectivity index (χ4n) is 3.66. The summed E-state index contributed by atoms with van der Waals surface area (Å²) < 4.78 is 5.36. The van der Waals surface area contributed by atoms with Gasteiger partial charge in [0, 0.05) is 30.8 Å². The standard InChI is InChI=1S/C20H26N4O5S/c1-3-23(14-5-6-14)16-7-4-13(10-17(16)24(27)28)8-9-29-19(26)18-12(2)21-20(30)22-15(18)11-25/h4,7,10,14-15,25H,3,5-6,8-9,11H2,1-2H3,(H2,21,22,30). The normalized spacial score (nSPS) is 18.5. The third kappa shape index (κ3) is 4.88. The molecule has 1 aromatic carbocycles. The molecule has 1 aliphatic carbocycles. The first-order valence-corrected chi connectivity index (χ1v) is 10.4. The lowest BCUT2D eigenvalue weighted by molar-refractivity contribution is -0.384. The largest absolute Gasteiger partial charge is 0.462 e. The first-order valence-electron chi connectivity index (χ1n) is 9.95. The van der Waals surface area contributed by atoms with E-state index in [1.165, 1.54) is 0 Å². The summed E-state index contributed by atoms with van der Waals surface area (Å²) in [5.74, 6) is -0.564. The van der Waals surface area contributed by atoms with Crippen LogP contribution in [-0.2, 0) is 16.0 Å². The van der Waals surface area contributed by atoms with Gasteiger partial charge < -0.3 is 25.4 Å². The first-order chi connectivity index (χ1) is 14.3. The summed E-state index contributed by atoms with van der Waals surface area (Å²) in [6.07, 6.45) is 2.46. The Labute approximate surface area is 180 Å². The lowest BCUT2D eigenvalue weighted by Gasteiger charge is -2.28. The molecule has 0 spiro atoms. The maximum atomic E-state index is 12.5. The Kier molecular flexibility index (Phi) is 6.88. The lowest BCUT2D eigenvalue weighted by atomic mass is 10.0. The summed E-state index contributed by atoms with van der Waals surface area (Å²) in [6.45, 7) is 4.16. The Morgan fingerprint density at radius 2 is 2.17 bits per heavy atom. The van der Waals surface area contributed by atoms with E-state index in [2.05, 4.69) is 15.5 Å². The molecule has 30 heavy (non-hydrogen) atoms. The number of thiocarbonyl (C=S) groups is 1. The molecule has 1 aliphatic heterocycles. The van der Waals surface area contributed by atoms with E-state index in [1.807, 2.05) is 13.0 Å². The number of nitrogens with one attached hydrogen (secondary N) is 2. The van der Waals surface area contributed by atoms with E-state index in [1.54, 1.807) is 19.1 Å². The molecule has 162 valence electrons. The van der Waals surface area contributed by atoms with Gasteiger partial charge in [-0.2, -0.15) is 0 Å². The number of rotatable bonds is 9. The average Bonchev–Trinajstić information content (AvgIpc) is 3.53. The predicted molar refractivity (Wildman–Crippen MR) is 116 cm³/mol. The molecule has 0 aromatic heterocycles. The van der Waals surface area contributed by atoms with Crippen molar-refractivity contribution in [2.45, 2.75) is 45.2 Å². The number of hydrogen-bond acceptors (Lipinski definition) is 7. The Morgan fingerprint density at radius 3 is 2.77 bits per heavy atom. The third-order valence-electron chi connectivity index (χ3n) is 5.26. The van der Waals surface area contributed by atoms with Crippen molar-refractivity contribution in [1.82, 2.24) is 10.6 Å². The van der Waals surface area contributed by atoms with Crippen LogP contribution in [0.1, 0.15) is 32.3 Å². The fourth-order valence-corrected chi connectivity index (χ4v) is 3.96. The van der Waals surface area contributed by atoms with Crippen LogP contribution in [0.2, 0.25) is 0 Å². The van der Waals surface area contributed by atoms with E-state index in [4.69, 9.17) is 17.0 Å². The molecule has 2 aliphatic rings. The molecule has 9 nitrogen and oxygen atoms in total. The number of aliphatic hydroxyl groups excluding tert-OH is 1. The van der Waals surface area contributed by atoms with Gasteiger partial charge in [0.25, 0.3) is 5.69 Å². The SMILES string of the molecule is CCN(c1ccc(CCOC(=O)C2=C(C)NC(=S)NC2CO)cc1[N+](=O)[O-])C1CC1. The first kappa shape index (κ1) is 22.0. The van der Waals surface area contributed by atoms with Crippen LogP contribution in [0.15, 0.2) is 29.5 Å². The molecule has 1 aromatic rings. The smallest absolute Gasteiger partial charge is 0.337 e. The van der Waals surface area contributed by atoms with Crippen molar-refractivity contribution in [2.24, 2.45) is 0 Å². The molecule has 0 amide bonds. The molecule has 1 fully saturated rings. The Morgan fingerprint density at radius 1 is 1.43 bits per heavy atom. The summed E-state index contributed by atoms with van der Waals surface area (Å²) in [4.78, 5) is 25.8. The van der Waals surface area contributed by atoms with E-state index < -0.39 is 12.0 Å². The number of nitro benzene ring substituents is 1. The molecular weight excluding hydrogens is 408 g/mol. The predicted octanol–water partition coefficient (Wildman–Crippen LogP) is 1.78. The van der Waals surface area contributed by atoms with Gasteiger partial charge in [0.2, 0.25) is 0 Å². The Bertz CT molecular complexity index is 884. The molecule has 1 unspecified atom stereocenters. The number of carbonyl (C=O) groups excluding carboxylic acids is 1. The number of nitrogens with zero attached hydrogens (tertiary/aromatic N) is 2. The highest BCUT2D eigenvalue weighted by Crippen LogP contribution is 2.37. The lowest BCUT2D eigenvalue weighted by Crippen LogP contribution is -2.51. The fraction of sp³-hybridized carbons (Fsp3) is 0.500. The van der Waals surface area contributed by atoms with Gasteiger partial charge in [-0.1, -0.05) is 6.07 Å². The number of nitro groups is 1. The number of allylic oxidation sites excluding steroid dienone is 1. The molecule has 0 radical (unpaired) electrons. The summed E-state index contributed by atoms with van der Waals surface area (Å²) in [6, 6.07) is 4.92. The molecular formula is C20H26N4O5S.